The molecular weight excluding hydrogens is 322 g/mol. The van der Waals surface area contributed by atoms with Crippen molar-refractivity contribution in [1.82, 2.24) is 0 Å². The van der Waals surface area contributed by atoms with Crippen molar-refractivity contribution in [1.29, 1.82) is 0 Å². The second-order valence-electron chi connectivity index (χ2n) is 5.04. The van der Waals surface area contributed by atoms with Crippen LogP contribution in [0.2, 0.25) is 0 Å². The van der Waals surface area contributed by atoms with Gasteiger partial charge in [-0.15, -0.1) is 11.3 Å². The van der Waals surface area contributed by atoms with Gasteiger partial charge in [-0.05, 0) is 41.9 Å². The summed E-state index contributed by atoms with van der Waals surface area (Å²) in [7, 11) is 0. The molecule has 0 aliphatic carbocycles. The van der Waals surface area contributed by atoms with Crippen molar-refractivity contribution in [3.05, 3.63) is 49.6 Å². The second-order valence-corrected chi connectivity index (χ2v) is 7.19. The fraction of sp³-hybridized carbons (Fsp3) is 0.333. The normalized spacial score (nSPS) is 21.9. The Balaban J connectivity index is 1.94. The minimum atomic E-state index is 0.0508. The van der Waals surface area contributed by atoms with Crippen LogP contribution < -0.4 is 10.5 Å². The third-order valence-electron chi connectivity index (χ3n) is 3.50. The van der Waals surface area contributed by atoms with Crippen molar-refractivity contribution in [2.45, 2.75) is 32.4 Å². The van der Waals surface area contributed by atoms with Crippen molar-refractivity contribution in [2.75, 3.05) is 0 Å². The molecule has 2 atom stereocenters. The lowest BCUT2D eigenvalue weighted by Crippen LogP contribution is -2.23. The van der Waals surface area contributed by atoms with E-state index in [9.17, 15) is 0 Å². The zero-order valence-electron chi connectivity index (χ0n) is 10.9. The van der Waals surface area contributed by atoms with Gasteiger partial charge in [-0.1, -0.05) is 17.7 Å². The maximum atomic E-state index is 6.30. The summed E-state index contributed by atoms with van der Waals surface area (Å²) in [6, 6.07) is 8.44. The maximum absolute atomic E-state index is 6.30. The molecule has 0 saturated carbocycles. The molecule has 19 heavy (non-hydrogen) atoms. The molecule has 0 saturated heterocycles. The molecule has 4 heteroatoms. The van der Waals surface area contributed by atoms with Crippen molar-refractivity contribution >= 4 is 27.3 Å². The molecular formula is C15H16BrNOS. The zero-order chi connectivity index (χ0) is 13.6. The van der Waals surface area contributed by atoms with Crippen LogP contribution in [0, 0.1) is 13.8 Å². The third kappa shape index (κ3) is 2.45. The first-order chi connectivity index (χ1) is 9.04. The zero-order valence-corrected chi connectivity index (χ0v) is 13.3. The topological polar surface area (TPSA) is 35.2 Å². The third-order valence-corrected chi connectivity index (χ3v) is 5.72. The molecule has 2 heterocycles. The Morgan fingerprint density at radius 3 is 2.79 bits per heavy atom. The van der Waals surface area contributed by atoms with Gasteiger partial charge < -0.3 is 10.5 Å². The lowest BCUT2D eigenvalue weighted by atomic mass is 9.95. The number of fused-ring (bicyclic) bond motifs is 1. The number of halogens is 1. The van der Waals surface area contributed by atoms with E-state index in [-0.39, 0.29) is 12.1 Å². The Labute approximate surface area is 125 Å². The maximum Gasteiger partial charge on any atom is 0.135 e. The smallest absolute Gasteiger partial charge is 0.135 e. The van der Waals surface area contributed by atoms with E-state index in [2.05, 4.69) is 48.0 Å². The minimum absolute atomic E-state index is 0.0508. The van der Waals surface area contributed by atoms with Gasteiger partial charge in [0.05, 0.1) is 0 Å². The number of aryl methyl sites for hydroxylation is 2. The predicted octanol–water partition coefficient (Wildman–Crippen LogP) is 4.65. The highest BCUT2D eigenvalue weighted by Gasteiger charge is 2.28. The Morgan fingerprint density at radius 2 is 2.11 bits per heavy atom. The van der Waals surface area contributed by atoms with Crippen molar-refractivity contribution in [2.24, 2.45) is 5.73 Å². The van der Waals surface area contributed by atoms with E-state index in [1.807, 2.05) is 6.07 Å². The molecule has 0 amide bonds. The summed E-state index contributed by atoms with van der Waals surface area (Å²) < 4.78 is 7.27. The van der Waals surface area contributed by atoms with E-state index < -0.39 is 0 Å². The lowest BCUT2D eigenvalue weighted by Gasteiger charge is -2.30. The molecule has 0 spiro atoms. The predicted molar refractivity (Wildman–Crippen MR) is 82.8 cm³/mol. The summed E-state index contributed by atoms with van der Waals surface area (Å²) in [5, 5.41) is 0. The van der Waals surface area contributed by atoms with Crippen LogP contribution in [-0.2, 0) is 0 Å². The van der Waals surface area contributed by atoms with Gasteiger partial charge in [-0.2, -0.15) is 0 Å². The molecule has 2 N–H and O–H groups in total. The Morgan fingerprint density at radius 1 is 1.32 bits per heavy atom. The Hall–Kier alpha value is -0.840. The summed E-state index contributed by atoms with van der Waals surface area (Å²) in [6.45, 7) is 4.19. The first kappa shape index (κ1) is 13.2. The number of nitrogens with two attached hydrogens (primary N) is 1. The average Bonchev–Trinajstić information content (AvgIpc) is 2.70. The molecule has 1 aliphatic heterocycles. The fourth-order valence-corrected chi connectivity index (χ4v) is 4.04. The Kier molecular flexibility index (Phi) is 3.41. The van der Waals surface area contributed by atoms with Crippen LogP contribution in [0.1, 0.15) is 39.4 Å². The van der Waals surface area contributed by atoms with E-state index in [0.717, 1.165) is 22.2 Å². The highest BCUT2D eigenvalue weighted by Crippen LogP contribution is 2.43. The van der Waals surface area contributed by atoms with Crippen molar-refractivity contribution in [3.8, 4) is 5.75 Å². The Bertz CT molecular complexity index is 603. The SMILES string of the molecule is Cc1ccc2c(c1)[C@H](N)CC(c1cc(Br)c(C)s1)O2. The van der Waals surface area contributed by atoms with Crippen LogP contribution in [0.15, 0.2) is 28.7 Å². The highest BCUT2D eigenvalue weighted by molar-refractivity contribution is 9.10. The van der Waals surface area contributed by atoms with Gasteiger partial charge in [0.15, 0.2) is 0 Å². The summed E-state index contributed by atoms with van der Waals surface area (Å²) in [4.78, 5) is 2.52. The second kappa shape index (κ2) is 4.93. The van der Waals surface area contributed by atoms with Gasteiger partial charge in [0, 0.05) is 32.3 Å². The molecule has 2 aromatic rings. The van der Waals surface area contributed by atoms with Crippen molar-refractivity contribution in [3.63, 3.8) is 0 Å². The van der Waals surface area contributed by atoms with Gasteiger partial charge in [-0.25, -0.2) is 0 Å². The first-order valence-corrected chi connectivity index (χ1v) is 7.94. The lowest BCUT2D eigenvalue weighted by molar-refractivity contribution is 0.165. The van der Waals surface area contributed by atoms with E-state index in [1.165, 1.54) is 15.3 Å². The molecule has 3 rings (SSSR count). The molecule has 0 fully saturated rings. The number of hydrogen-bond acceptors (Lipinski definition) is 3. The van der Waals surface area contributed by atoms with Crippen LogP contribution >= 0.6 is 27.3 Å². The molecule has 1 unspecified atom stereocenters. The fourth-order valence-electron chi connectivity index (χ4n) is 2.44. The molecule has 100 valence electrons. The standard InChI is InChI=1S/C15H16BrNOS/c1-8-3-4-13-10(5-8)12(17)7-14(18-13)15-6-11(16)9(2)19-15/h3-6,12,14H,7,17H2,1-2H3/t12-,14?/m1/s1. The van der Waals surface area contributed by atoms with Gasteiger partial charge in [0.25, 0.3) is 0 Å². The highest BCUT2D eigenvalue weighted by atomic mass is 79.9. The van der Waals surface area contributed by atoms with E-state index in [0.29, 0.717) is 0 Å². The average molecular weight is 338 g/mol. The number of benzene rings is 1. The van der Waals surface area contributed by atoms with Crippen LogP contribution in [0.5, 0.6) is 5.75 Å². The van der Waals surface area contributed by atoms with Crippen molar-refractivity contribution < 1.29 is 4.74 Å². The minimum Gasteiger partial charge on any atom is -0.484 e. The molecule has 2 nitrogen and oxygen atoms in total. The van der Waals surface area contributed by atoms with Crippen LogP contribution in [0.4, 0.5) is 0 Å². The number of thiophene rings is 1. The molecule has 1 aromatic carbocycles. The summed E-state index contributed by atoms with van der Waals surface area (Å²) in [5.74, 6) is 0.927. The largest absolute Gasteiger partial charge is 0.484 e. The monoisotopic (exact) mass is 337 g/mol. The van der Waals surface area contributed by atoms with Crippen LogP contribution in [-0.4, -0.2) is 0 Å². The van der Waals surface area contributed by atoms with Gasteiger partial charge in [0.1, 0.15) is 11.9 Å². The van der Waals surface area contributed by atoms with E-state index in [1.54, 1.807) is 11.3 Å². The van der Waals surface area contributed by atoms with Crippen LogP contribution in [0.3, 0.4) is 0 Å². The van der Waals surface area contributed by atoms with E-state index >= 15 is 0 Å². The van der Waals surface area contributed by atoms with Gasteiger partial charge in [-0.3, -0.25) is 0 Å². The molecule has 1 aromatic heterocycles. The number of rotatable bonds is 1. The summed E-state index contributed by atoms with van der Waals surface area (Å²) in [5.41, 5.74) is 8.66. The summed E-state index contributed by atoms with van der Waals surface area (Å²) in [6.07, 6.45) is 0.906. The van der Waals surface area contributed by atoms with E-state index in [4.69, 9.17) is 10.5 Å². The summed E-state index contributed by atoms with van der Waals surface area (Å²) >= 11 is 5.34. The molecule has 1 aliphatic rings. The van der Waals surface area contributed by atoms with Gasteiger partial charge >= 0.3 is 0 Å². The quantitative estimate of drug-likeness (QED) is 0.821. The first-order valence-electron chi connectivity index (χ1n) is 6.33. The van der Waals surface area contributed by atoms with Gasteiger partial charge in [0.2, 0.25) is 0 Å². The molecule has 0 bridgehead atoms. The number of hydrogen-bond donors (Lipinski definition) is 1. The number of ether oxygens (including phenoxy) is 1. The van der Waals surface area contributed by atoms with Crippen LogP contribution in [0.25, 0.3) is 0 Å². The molecule has 0 radical (unpaired) electrons.